The van der Waals surface area contributed by atoms with E-state index in [0.29, 0.717) is 23.7 Å². The predicted octanol–water partition coefficient (Wildman–Crippen LogP) is 5.68. The zero-order valence-corrected chi connectivity index (χ0v) is 17.4. The molecular weight excluding hydrogens is 330 g/mol. The second-order valence-electron chi connectivity index (χ2n) is 7.59. The number of allylic oxidation sites excluding steroid dienone is 4. The summed E-state index contributed by atoms with van der Waals surface area (Å²) in [5.74, 6) is 1.05. The Morgan fingerprint density at radius 2 is 1.92 bits per heavy atom. The van der Waals surface area contributed by atoms with E-state index in [-0.39, 0.29) is 5.41 Å². The molecule has 1 unspecified atom stereocenters. The molecule has 1 atom stereocenters. The molecule has 0 aliphatic heterocycles. The fourth-order valence-electron chi connectivity index (χ4n) is 3.13. The molecule has 0 saturated carbocycles. The van der Waals surface area contributed by atoms with Crippen molar-refractivity contribution >= 4 is 0 Å². The Morgan fingerprint density at radius 3 is 2.35 bits per heavy atom. The number of hydrogen-bond acceptors (Lipinski definition) is 4. The van der Waals surface area contributed by atoms with Crippen LogP contribution in [0.1, 0.15) is 53.9 Å². The first kappa shape index (κ1) is 24.1. The van der Waals surface area contributed by atoms with Crippen molar-refractivity contribution in [1.82, 2.24) is 0 Å². The van der Waals surface area contributed by atoms with Gasteiger partial charge in [-0.2, -0.15) is 0 Å². The summed E-state index contributed by atoms with van der Waals surface area (Å²) >= 11 is 0. The van der Waals surface area contributed by atoms with Gasteiger partial charge in [-0.25, -0.2) is 0 Å². The van der Waals surface area contributed by atoms with Crippen LogP contribution in [0.15, 0.2) is 47.9 Å². The van der Waals surface area contributed by atoms with Gasteiger partial charge in [0.2, 0.25) is 6.20 Å². The molecule has 5 heteroatoms. The summed E-state index contributed by atoms with van der Waals surface area (Å²) < 4.78 is 10.4. The Labute approximate surface area is 158 Å². The van der Waals surface area contributed by atoms with E-state index in [4.69, 9.17) is 9.47 Å². The van der Waals surface area contributed by atoms with Crippen LogP contribution in [0.4, 0.5) is 0 Å². The van der Waals surface area contributed by atoms with Gasteiger partial charge in [-0.05, 0) is 36.7 Å². The van der Waals surface area contributed by atoms with Gasteiger partial charge in [0.1, 0.15) is 11.9 Å². The Kier molecular flexibility index (Phi) is 10.8. The van der Waals surface area contributed by atoms with Gasteiger partial charge < -0.3 is 9.47 Å². The summed E-state index contributed by atoms with van der Waals surface area (Å²) in [6.45, 7) is 14.7. The minimum atomic E-state index is -0.443. The summed E-state index contributed by atoms with van der Waals surface area (Å²) in [7, 11) is 3.06. The molecule has 0 bridgehead atoms. The normalized spacial score (nSPS) is 14.8. The highest BCUT2D eigenvalue weighted by atomic mass is 16.6. The van der Waals surface area contributed by atoms with E-state index in [1.165, 1.54) is 12.7 Å². The van der Waals surface area contributed by atoms with E-state index in [2.05, 4.69) is 47.3 Å². The third kappa shape index (κ3) is 10.2. The van der Waals surface area contributed by atoms with Crippen LogP contribution in [0, 0.1) is 21.4 Å². The van der Waals surface area contributed by atoms with Crippen molar-refractivity contribution in [3.8, 4) is 0 Å². The Morgan fingerprint density at radius 1 is 1.31 bits per heavy atom. The Bertz CT molecular complexity index is 556. The molecule has 0 aromatic carbocycles. The summed E-state index contributed by atoms with van der Waals surface area (Å²) in [5.41, 5.74) is 1.87. The highest BCUT2D eigenvalue weighted by molar-refractivity contribution is 5.27. The van der Waals surface area contributed by atoms with Gasteiger partial charge in [0, 0.05) is 12.7 Å². The SMILES string of the molecule is C=C(OC)C(C=C/C(=C/[N+](=O)[O-])C/C(=C/C(C)(C)CC(C)C)CC)OC. The third-order valence-electron chi connectivity index (χ3n) is 4.00. The first-order chi connectivity index (χ1) is 12.0. The van der Waals surface area contributed by atoms with Gasteiger partial charge in [0.25, 0.3) is 0 Å². The zero-order chi connectivity index (χ0) is 20.3. The van der Waals surface area contributed by atoms with Crippen molar-refractivity contribution in [3.63, 3.8) is 0 Å². The number of hydrogen-bond donors (Lipinski definition) is 0. The van der Waals surface area contributed by atoms with Crippen LogP contribution in [0.3, 0.4) is 0 Å². The Balaban J connectivity index is 5.49. The van der Waals surface area contributed by atoms with Crippen LogP contribution in [0.2, 0.25) is 0 Å². The van der Waals surface area contributed by atoms with Crippen molar-refractivity contribution in [2.24, 2.45) is 11.3 Å². The topological polar surface area (TPSA) is 61.6 Å². The molecule has 0 aliphatic carbocycles. The molecule has 5 nitrogen and oxygen atoms in total. The van der Waals surface area contributed by atoms with E-state index >= 15 is 0 Å². The summed E-state index contributed by atoms with van der Waals surface area (Å²) in [6, 6.07) is 0. The van der Waals surface area contributed by atoms with E-state index in [9.17, 15) is 10.1 Å². The highest BCUT2D eigenvalue weighted by Gasteiger charge is 2.18. The smallest absolute Gasteiger partial charge is 0.237 e. The van der Waals surface area contributed by atoms with Crippen LogP contribution < -0.4 is 0 Å². The fraction of sp³-hybridized carbons (Fsp3) is 0.619. The van der Waals surface area contributed by atoms with Crippen LogP contribution in [-0.4, -0.2) is 25.2 Å². The maximum Gasteiger partial charge on any atom is 0.237 e. The Hall–Kier alpha value is -1.88. The largest absolute Gasteiger partial charge is 0.499 e. The zero-order valence-electron chi connectivity index (χ0n) is 17.4. The molecule has 26 heavy (non-hydrogen) atoms. The molecule has 0 saturated heterocycles. The van der Waals surface area contributed by atoms with Gasteiger partial charge in [0.15, 0.2) is 0 Å². The molecule has 0 radical (unpaired) electrons. The third-order valence-corrected chi connectivity index (χ3v) is 4.00. The second-order valence-corrected chi connectivity index (χ2v) is 7.59. The molecule has 0 N–H and O–H groups in total. The van der Waals surface area contributed by atoms with Crippen LogP contribution >= 0.6 is 0 Å². The summed E-state index contributed by atoms with van der Waals surface area (Å²) in [6.07, 6.45) is 8.78. The lowest BCUT2D eigenvalue weighted by molar-refractivity contribution is -0.403. The molecule has 0 heterocycles. The minimum absolute atomic E-state index is 0.0579. The van der Waals surface area contributed by atoms with E-state index in [1.807, 2.05) is 0 Å². The molecule has 0 fully saturated rings. The molecule has 0 aromatic heterocycles. The molecule has 0 amide bonds. The number of nitrogens with zero attached hydrogens (tertiary/aromatic N) is 1. The first-order valence-corrected chi connectivity index (χ1v) is 9.03. The van der Waals surface area contributed by atoms with E-state index in [0.717, 1.165) is 19.0 Å². The van der Waals surface area contributed by atoms with Crippen LogP contribution in [0.25, 0.3) is 0 Å². The number of rotatable bonds is 12. The predicted molar refractivity (Wildman–Crippen MR) is 107 cm³/mol. The number of ether oxygens (including phenoxy) is 2. The lowest BCUT2D eigenvalue weighted by Gasteiger charge is -2.24. The molecule has 0 rings (SSSR count). The first-order valence-electron chi connectivity index (χ1n) is 9.03. The van der Waals surface area contributed by atoms with Gasteiger partial charge in [-0.1, -0.05) is 58.9 Å². The van der Waals surface area contributed by atoms with Crippen LogP contribution in [0.5, 0.6) is 0 Å². The number of nitro groups is 1. The van der Waals surface area contributed by atoms with Gasteiger partial charge in [-0.3, -0.25) is 10.1 Å². The average molecular weight is 366 g/mol. The van der Waals surface area contributed by atoms with Crippen molar-refractivity contribution in [3.05, 3.63) is 58.0 Å². The molecule has 148 valence electrons. The fourth-order valence-corrected chi connectivity index (χ4v) is 3.13. The average Bonchev–Trinajstić information content (AvgIpc) is 2.51. The molecule has 0 aliphatic rings. The highest BCUT2D eigenvalue weighted by Crippen LogP contribution is 2.30. The van der Waals surface area contributed by atoms with E-state index in [1.54, 1.807) is 19.3 Å². The molecule has 0 aromatic rings. The lowest BCUT2D eigenvalue weighted by atomic mass is 9.81. The lowest BCUT2D eigenvalue weighted by Crippen LogP contribution is -2.12. The standard InChI is InChI=1S/C21H35NO4/c1-9-18(14-21(5,6)13-16(2)3)12-19(15-22(23)24)10-11-20(26-8)17(4)25-7/h10-11,14-16,20H,4,9,12-13H2,1-3,5-8H3/b11-10?,18-14+,19-15-. The van der Waals surface area contributed by atoms with Gasteiger partial charge in [-0.15, -0.1) is 0 Å². The summed E-state index contributed by atoms with van der Waals surface area (Å²) in [5, 5.41) is 11.0. The van der Waals surface area contributed by atoms with Crippen LogP contribution in [-0.2, 0) is 9.47 Å². The maximum absolute atomic E-state index is 11.0. The van der Waals surface area contributed by atoms with E-state index < -0.39 is 11.0 Å². The quantitative estimate of drug-likeness (QED) is 0.147. The monoisotopic (exact) mass is 365 g/mol. The van der Waals surface area contributed by atoms with Gasteiger partial charge >= 0.3 is 0 Å². The maximum atomic E-state index is 11.0. The summed E-state index contributed by atoms with van der Waals surface area (Å²) in [4.78, 5) is 10.6. The minimum Gasteiger partial charge on any atom is -0.499 e. The van der Waals surface area contributed by atoms with Crippen molar-refractivity contribution < 1.29 is 14.4 Å². The molecular formula is C21H35NO4. The van der Waals surface area contributed by atoms with Gasteiger partial charge in [0.05, 0.1) is 12.0 Å². The van der Waals surface area contributed by atoms with Crippen molar-refractivity contribution in [1.29, 1.82) is 0 Å². The van der Waals surface area contributed by atoms with Crippen molar-refractivity contribution in [2.45, 2.75) is 60.0 Å². The van der Waals surface area contributed by atoms with Crippen molar-refractivity contribution in [2.75, 3.05) is 14.2 Å². The number of methoxy groups -OCH3 is 2. The second kappa shape index (κ2) is 11.7. The molecule has 0 spiro atoms.